The van der Waals surface area contributed by atoms with E-state index in [1.807, 2.05) is 0 Å². The number of alkyl halides is 1. The fourth-order valence-corrected chi connectivity index (χ4v) is 0. The van der Waals surface area contributed by atoms with Gasteiger partial charge in [0.15, 0.2) is 0 Å². The van der Waals surface area contributed by atoms with E-state index in [-0.39, 0.29) is 0 Å². The Hall–Kier alpha value is 0.480. The van der Waals surface area contributed by atoms with E-state index < -0.39 is 11.7 Å². The fraction of sp³-hybridized carbons (Fsp3) is 1.00. The van der Waals surface area contributed by atoms with Gasteiger partial charge in [0.1, 0.15) is 0 Å². The Morgan fingerprint density at radius 2 is 2.50 bits per heavy atom. The van der Waals surface area contributed by atoms with Gasteiger partial charge in [0, 0.05) is 10.8 Å². The van der Waals surface area contributed by atoms with E-state index in [2.05, 4.69) is 15.9 Å². The summed E-state index contributed by atoms with van der Waals surface area (Å²) in [4.78, 5) is 0. The van der Waals surface area contributed by atoms with E-state index in [0.717, 1.165) is 0 Å². The lowest BCUT2D eigenvalue weighted by Gasteiger charge is -1.66. The summed E-state index contributed by atoms with van der Waals surface area (Å²) < 4.78 is 27.2. The third-order valence-corrected chi connectivity index (χ3v) is 0.491. The van der Waals surface area contributed by atoms with E-state index in [0.29, 0.717) is 0 Å². The molecule has 0 heterocycles. The van der Waals surface area contributed by atoms with Gasteiger partial charge in [0.2, 0.25) is 0 Å². The van der Waals surface area contributed by atoms with Crippen LogP contribution < -0.4 is 0 Å². The quantitative estimate of drug-likeness (QED) is 0.471. The van der Waals surface area contributed by atoms with Gasteiger partial charge in [-0.05, 0) is 6.37 Å². The van der Waals surface area contributed by atoms with Crippen molar-refractivity contribution in [3.8, 4) is 0 Å². The van der Waals surface area contributed by atoms with Crippen molar-refractivity contribution in [3.05, 3.63) is 0 Å². The predicted octanol–water partition coefficient (Wildman–Crippen LogP) is 1.79. The SMILES string of the molecule is [2H]C([2H])(C)C([2H])([2H])Br. The normalized spacial score (nSPS) is 29.5. The second-order valence-electron chi connectivity index (χ2n) is 0.344. The summed E-state index contributed by atoms with van der Waals surface area (Å²) in [6.07, 6.45) is -1.81. The molecule has 0 nitrogen and oxygen atoms in total. The molecule has 0 aliphatic rings. The largest absolute Gasteiger partial charge is 0.0928 e. The number of halogens is 1. The Labute approximate surface area is 41.0 Å². The maximum atomic E-state index is 6.83. The lowest BCUT2D eigenvalue weighted by molar-refractivity contribution is 1.12. The summed E-state index contributed by atoms with van der Waals surface area (Å²) >= 11 is 2.56. The lowest BCUT2D eigenvalue weighted by Crippen LogP contribution is -1.54. The third kappa shape index (κ3) is 2.48. The summed E-state index contributed by atoms with van der Waals surface area (Å²) in [6.45, 7) is 1.18. The lowest BCUT2D eigenvalue weighted by atomic mass is 10.6. The molecule has 0 aliphatic carbocycles. The van der Waals surface area contributed by atoms with Gasteiger partial charge in [-0.15, -0.1) is 0 Å². The van der Waals surface area contributed by atoms with Crippen LogP contribution in [0, 0.1) is 0 Å². The van der Waals surface area contributed by atoms with Crippen LogP contribution in [0.25, 0.3) is 0 Å². The van der Waals surface area contributed by atoms with Crippen LogP contribution in [0.4, 0.5) is 0 Å². The molecular weight excluding hydrogens is 116 g/mol. The Morgan fingerprint density at radius 3 is 2.50 bits per heavy atom. The molecule has 0 aromatic rings. The van der Waals surface area contributed by atoms with Crippen molar-refractivity contribution in [2.45, 2.75) is 13.3 Å². The molecule has 0 amide bonds. The number of hydrogen-bond acceptors (Lipinski definition) is 0. The van der Waals surface area contributed by atoms with Crippen molar-refractivity contribution in [2.75, 3.05) is 5.28 Å². The number of rotatable bonds is 1. The van der Waals surface area contributed by atoms with Crippen LogP contribution in [0.3, 0.4) is 0 Å². The van der Waals surface area contributed by atoms with Gasteiger partial charge in [-0.1, -0.05) is 22.9 Å². The molecule has 0 aromatic carbocycles. The van der Waals surface area contributed by atoms with Crippen molar-refractivity contribution in [1.29, 1.82) is 0 Å². The molecule has 0 spiro atoms. The summed E-state index contributed by atoms with van der Waals surface area (Å²) in [5, 5.41) is -1.92. The molecule has 0 aromatic heterocycles. The Bertz CT molecular complexity index is 66.3. The average Bonchev–Trinajstić information content (AvgIpc) is 1.25. The first-order valence-corrected chi connectivity index (χ1v) is 1.73. The van der Waals surface area contributed by atoms with Crippen LogP contribution in [-0.4, -0.2) is 5.28 Å². The maximum Gasteiger partial charge on any atom is 0.0386 e. The minimum Gasteiger partial charge on any atom is -0.0928 e. The first-order chi connectivity index (χ1) is 3.25. The van der Waals surface area contributed by atoms with E-state index in [1.54, 1.807) is 0 Å². The fourth-order valence-electron chi connectivity index (χ4n) is 0. The highest BCUT2D eigenvalue weighted by Gasteiger charge is 1.58. The zero-order chi connectivity index (χ0) is 7.00. The van der Waals surface area contributed by atoms with Crippen molar-refractivity contribution in [1.82, 2.24) is 0 Å². The monoisotopic (exact) mass is 126 g/mol. The van der Waals surface area contributed by atoms with Gasteiger partial charge >= 0.3 is 0 Å². The molecule has 0 rings (SSSR count). The van der Waals surface area contributed by atoms with E-state index in [1.165, 1.54) is 6.92 Å². The van der Waals surface area contributed by atoms with Crippen LogP contribution in [0.15, 0.2) is 0 Å². The van der Waals surface area contributed by atoms with Gasteiger partial charge in [-0.2, -0.15) is 0 Å². The molecule has 0 saturated heterocycles. The first-order valence-electron chi connectivity index (χ1n) is 2.94. The van der Waals surface area contributed by atoms with E-state index in [9.17, 15) is 0 Å². The molecule has 4 heavy (non-hydrogen) atoms. The van der Waals surface area contributed by atoms with Crippen molar-refractivity contribution >= 4 is 15.9 Å². The molecule has 26 valence electrons. The molecule has 0 saturated carbocycles. The molecule has 0 fully saturated rings. The summed E-state index contributed by atoms with van der Waals surface area (Å²) in [7, 11) is 0. The highest BCUT2D eigenvalue weighted by molar-refractivity contribution is 9.09. The molecular formula is C3H7Br. The molecule has 0 atom stereocenters. The zero-order valence-electron chi connectivity index (χ0n) is 6.38. The van der Waals surface area contributed by atoms with Crippen molar-refractivity contribution in [3.63, 3.8) is 0 Å². The minimum absolute atomic E-state index is 1.18. The summed E-state index contributed by atoms with van der Waals surface area (Å²) in [5.74, 6) is 0. The van der Waals surface area contributed by atoms with Crippen LogP contribution in [0.1, 0.15) is 18.8 Å². The summed E-state index contributed by atoms with van der Waals surface area (Å²) in [6, 6.07) is 0. The van der Waals surface area contributed by atoms with Crippen LogP contribution in [-0.2, 0) is 0 Å². The van der Waals surface area contributed by atoms with Crippen LogP contribution in [0.5, 0.6) is 0 Å². The van der Waals surface area contributed by atoms with E-state index in [4.69, 9.17) is 5.48 Å². The Morgan fingerprint density at radius 1 is 2.25 bits per heavy atom. The van der Waals surface area contributed by atoms with Gasteiger partial charge in [0.05, 0.1) is 0 Å². The minimum atomic E-state index is -1.92. The maximum absolute atomic E-state index is 6.83. The highest BCUT2D eigenvalue weighted by atomic mass is 79.9. The molecule has 0 aliphatic heterocycles. The number of hydrogen-bond donors (Lipinski definition) is 0. The van der Waals surface area contributed by atoms with Gasteiger partial charge in [-0.25, -0.2) is 0 Å². The zero-order valence-corrected chi connectivity index (χ0v) is 3.96. The predicted molar refractivity (Wildman–Crippen MR) is 24.1 cm³/mol. The molecule has 1 heteroatoms. The third-order valence-electron chi connectivity index (χ3n) is 0.0945. The summed E-state index contributed by atoms with van der Waals surface area (Å²) in [5.41, 5.74) is 0. The van der Waals surface area contributed by atoms with Gasteiger partial charge in [0.25, 0.3) is 0 Å². The van der Waals surface area contributed by atoms with Crippen molar-refractivity contribution in [2.24, 2.45) is 0 Å². The van der Waals surface area contributed by atoms with E-state index >= 15 is 0 Å². The van der Waals surface area contributed by atoms with Crippen molar-refractivity contribution < 1.29 is 5.48 Å². The second kappa shape index (κ2) is 3.48. The topological polar surface area (TPSA) is 0 Å². The van der Waals surface area contributed by atoms with Gasteiger partial charge < -0.3 is 0 Å². The Kier molecular flexibility index (Phi) is 0.844. The molecule has 0 bridgehead atoms. The highest BCUT2D eigenvalue weighted by Crippen LogP contribution is 1.80. The molecule has 0 radical (unpaired) electrons. The molecule has 0 unspecified atom stereocenters. The standard InChI is InChI=1S/C3H7Br/c1-2-3-4/h2-3H2,1H3/i2D2,3D2. The molecule has 0 N–H and O–H groups in total. The Balaban J connectivity index is 4.02. The first kappa shape index (κ1) is 0.970. The second-order valence-corrected chi connectivity index (χ2v) is 0.741. The average molecular weight is 127 g/mol. The van der Waals surface area contributed by atoms with Crippen LogP contribution >= 0.6 is 15.9 Å². The van der Waals surface area contributed by atoms with Gasteiger partial charge in [-0.3, -0.25) is 0 Å². The smallest absolute Gasteiger partial charge is 0.0386 e. The van der Waals surface area contributed by atoms with Crippen LogP contribution in [0.2, 0.25) is 0 Å².